The third-order valence-corrected chi connectivity index (χ3v) is 3.31. The number of hydrogen-bond donors (Lipinski definition) is 1. The number of anilines is 1. The first-order valence-corrected chi connectivity index (χ1v) is 6.55. The molecule has 2 rings (SSSR count). The average Bonchev–Trinajstić information content (AvgIpc) is 2.85. The van der Waals surface area contributed by atoms with Gasteiger partial charge in [0.1, 0.15) is 5.82 Å². The number of nitrogens with zero attached hydrogens (tertiary/aromatic N) is 1. The van der Waals surface area contributed by atoms with Crippen LogP contribution in [0.5, 0.6) is 0 Å². The smallest absolute Gasteiger partial charge is 0.311 e. The lowest BCUT2D eigenvalue weighted by molar-refractivity contribution is -0.139. The highest BCUT2D eigenvalue weighted by molar-refractivity contribution is 7.13. The highest BCUT2D eigenvalue weighted by Gasteiger charge is 2.07. The van der Waals surface area contributed by atoms with E-state index in [-0.39, 0.29) is 18.2 Å². The number of nitrogens with one attached hydrogen (secondary N) is 1. The van der Waals surface area contributed by atoms with Crippen molar-refractivity contribution in [3.63, 3.8) is 0 Å². The summed E-state index contributed by atoms with van der Waals surface area (Å²) in [5.74, 6) is -0.561. The molecule has 0 amide bonds. The molecule has 100 valence electrons. The molecule has 0 aliphatic carbocycles. The van der Waals surface area contributed by atoms with E-state index in [1.165, 1.54) is 30.6 Å². The minimum Gasteiger partial charge on any atom is -0.469 e. The second-order valence-electron chi connectivity index (χ2n) is 3.88. The lowest BCUT2D eigenvalue weighted by atomic mass is 10.2. The van der Waals surface area contributed by atoms with E-state index in [4.69, 9.17) is 0 Å². The van der Waals surface area contributed by atoms with E-state index in [9.17, 15) is 9.18 Å². The van der Waals surface area contributed by atoms with Gasteiger partial charge in [0.2, 0.25) is 0 Å². The zero-order valence-electron chi connectivity index (χ0n) is 10.4. The van der Waals surface area contributed by atoms with Crippen molar-refractivity contribution >= 4 is 22.4 Å². The summed E-state index contributed by atoms with van der Waals surface area (Å²) in [6.45, 7) is 0.561. The molecule has 4 nitrogen and oxygen atoms in total. The Morgan fingerprint density at radius 2 is 2.16 bits per heavy atom. The van der Waals surface area contributed by atoms with Gasteiger partial charge >= 0.3 is 5.97 Å². The molecule has 1 heterocycles. The number of carbonyl (C=O) groups is 1. The van der Waals surface area contributed by atoms with E-state index in [0.717, 1.165) is 10.7 Å². The molecule has 1 aromatic heterocycles. The highest BCUT2D eigenvalue weighted by Crippen LogP contribution is 2.17. The summed E-state index contributed by atoms with van der Waals surface area (Å²) >= 11 is 1.42. The lowest BCUT2D eigenvalue weighted by Gasteiger charge is -2.02. The van der Waals surface area contributed by atoms with Gasteiger partial charge in [-0.2, -0.15) is 0 Å². The van der Waals surface area contributed by atoms with Crippen LogP contribution in [0.1, 0.15) is 11.3 Å². The number of esters is 1. The van der Waals surface area contributed by atoms with Crippen LogP contribution in [0.3, 0.4) is 0 Å². The average molecular weight is 280 g/mol. The maximum Gasteiger partial charge on any atom is 0.311 e. The van der Waals surface area contributed by atoms with Gasteiger partial charge in [-0.05, 0) is 17.7 Å². The van der Waals surface area contributed by atoms with E-state index in [1.807, 2.05) is 5.38 Å². The van der Waals surface area contributed by atoms with Crippen LogP contribution in [-0.2, 0) is 22.5 Å². The van der Waals surface area contributed by atoms with Gasteiger partial charge in [-0.15, -0.1) is 11.3 Å². The summed E-state index contributed by atoms with van der Waals surface area (Å²) in [7, 11) is 1.35. The number of benzene rings is 1. The topological polar surface area (TPSA) is 51.2 Å². The number of thiazole rings is 1. The fraction of sp³-hybridized carbons (Fsp3) is 0.231. The van der Waals surface area contributed by atoms with Gasteiger partial charge in [0.25, 0.3) is 0 Å². The monoisotopic (exact) mass is 280 g/mol. The van der Waals surface area contributed by atoms with Crippen molar-refractivity contribution in [3.05, 3.63) is 46.7 Å². The summed E-state index contributed by atoms with van der Waals surface area (Å²) in [4.78, 5) is 15.4. The minimum atomic E-state index is -0.310. The Hall–Kier alpha value is -1.95. The molecular formula is C13H13FN2O2S. The maximum atomic E-state index is 12.7. The summed E-state index contributed by atoms with van der Waals surface area (Å²) < 4.78 is 17.3. The zero-order valence-corrected chi connectivity index (χ0v) is 11.2. The van der Waals surface area contributed by atoms with Crippen molar-refractivity contribution in [1.82, 2.24) is 4.98 Å². The molecule has 1 aromatic carbocycles. The fourth-order valence-electron chi connectivity index (χ4n) is 1.47. The summed E-state index contributed by atoms with van der Waals surface area (Å²) in [5.41, 5.74) is 1.64. The normalized spacial score (nSPS) is 10.2. The van der Waals surface area contributed by atoms with Crippen molar-refractivity contribution in [2.24, 2.45) is 0 Å². The molecule has 0 spiro atoms. The van der Waals surface area contributed by atoms with E-state index < -0.39 is 0 Å². The van der Waals surface area contributed by atoms with Crippen molar-refractivity contribution in [2.75, 3.05) is 12.4 Å². The first-order chi connectivity index (χ1) is 9.17. The van der Waals surface area contributed by atoms with Crippen LogP contribution < -0.4 is 5.32 Å². The standard InChI is InChI=1S/C13H13FN2O2S/c1-18-12(17)6-11-8-19-13(16-11)15-7-9-2-4-10(14)5-3-9/h2-5,8H,6-7H2,1H3,(H,15,16). The van der Waals surface area contributed by atoms with Crippen LogP contribution in [-0.4, -0.2) is 18.1 Å². The lowest BCUT2D eigenvalue weighted by Crippen LogP contribution is -2.05. The number of hydrogen-bond acceptors (Lipinski definition) is 5. The molecule has 0 aliphatic heterocycles. The van der Waals surface area contributed by atoms with Crippen molar-refractivity contribution in [1.29, 1.82) is 0 Å². The number of rotatable bonds is 5. The largest absolute Gasteiger partial charge is 0.469 e. The summed E-state index contributed by atoms with van der Waals surface area (Å²) in [6, 6.07) is 6.26. The molecule has 0 atom stereocenters. The van der Waals surface area contributed by atoms with Crippen LogP contribution in [0.15, 0.2) is 29.6 Å². The molecule has 0 saturated heterocycles. The van der Waals surface area contributed by atoms with E-state index in [2.05, 4.69) is 15.0 Å². The third-order valence-electron chi connectivity index (χ3n) is 2.46. The number of carbonyl (C=O) groups excluding carboxylic acids is 1. The van der Waals surface area contributed by atoms with Gasteiger partial charge in [0.05, 0.1) is 19.2 Å². The van der Waals surface area contributed by atoms with Crippen molar-refractivity contribution in [2.45, 2.75) is 13.0 Å². The highest BCUT2D eigenvalue weighted by atomic mass is 32.1. The van der Waals surface area contributed by atoms with Crippen LogP contribution in [0.25, 0.3) is 0 Å². The number of ether oxygens (including phenoxy) is 1. The van der Waals surface area contributed by atoms with Crippen LogP contribution in [0.4, 0.5) is 9.52 Å². The Morgan fingerprint density at radius 1 is 1.42 bits per heavy atom. The summed E-state index contributed by atoms with van der Waals surface area (Å²) in [5, 5.41) is 5.66. The Kier molecular flexibility index (Phi) is 4.46. The molecule has 0 aliphatic rings. The Balaban J connectivity index is 1.89. The molecule has 0 bridgehead atoms. The molecule has 0 fully saturated rings. The number of aromatic nitrogens is 1. The number of methoxy groups -OCH3 is 1. The van der Waals surface area contributed by atoms with E-state index >= 15 is 0 Å². The van der Waals surface area contributed by atoms with Gasteiger partial charge in [-0.1, -0.05) is 12.1 Å². The first kappa shape index (κ1) is 13.5. The van der Waals surface area contributed by atoms with E-state index in [1.54, 1.807) is 12.1 Å². The molecule has 0 radical (unpaired) electrons. The van der Waals surface area contributed by atoms with Crippen LogP contribution >= 0.6 is 11.3 Å². The Morgan fingerprint density at radius 3 is 2.84 bits per heavy atom. The second-order valence-corrected chi connectivity index (χ2v) is 4.74. The molecule has 1 N–H and O–H groups in total. The first-order valence-electron chi connectivity index (χ1n) is 5.67. The van der Waals surface area contributed by atoms with E-state index in [0.29, 0.717) is 12.2 Å². The summed E-state index contributed by atoms with van der Waals surface area (Å²) in [6.07, 6.45) is 0.172. The van der Waals surface area contributed by atoms with Crippen molar-refractivity contribution in [3.8, 4) is 0 Å². The van der Waals surface area contributed by atoms with Gasteiger partial charge in [0.15, 0.2) is 5.13 Å². The third kappa shape index (κ3) is 4.03. The molecule has 0 unspecified atom stereocenters. The van der Waals surface area contributed by atoms with Crippen LogP contribution in [0, 0.1) is 5.82 Å². The predicted octanol–water partition coefficient (Wildman–Crippen LogP) is 2.61. The fourth-order valence-corrected chi connectivity index (χ4v) is 2.18. The Labute approximate surface area is 114 Å². The molecular weight excluding hydrogens is 267 g/mol. The van der Waals surface area contributed by atoms with Crippen LogP contribution in [0.2, 0.25) is 0 Å². The zero-order chi connectivity index (χ0) is 13.7. The quantitative estimate of drug-likeness (QED) is 0.855. The predicted molar refractivity (Wildman–Crippen MR) is 71.6 cm³/mol. The van der Waals surface area contributed by atoms with Crippen molar-refractivity contribution < 1.29 is 13.9 Å². The molecule has 0 saturated carbocycles. The van der Waals surface area contributed by atoms with Gasteiger partial charge < -0.3 is 10.1 Å². The van der Waals surface area contributed by atoms with Gasteiger partial charge in [-0.3, -0.25) is 4.79 Å². The van der Waals surface area contributed by atoms with Gasteiger partial charge in [-0.25, -0.2) is 9.37 Å². The molecule has 19 heavy (non-hydrogen) atoms. The van der Waals surface area contributed by atoms with Gasteiger partial charge in [0, 0.05) is 11.9 Å². The SMILES string of the molecule is COC(=O)Cc1csc(NCc2ccc(F)cc2)n1. The minimum absolute atomic E-state index is 0.172. The molecule has 2 aromatic rings. The molecule has 6 heteroatoms. The second kappa shape index (κ2) is 6.29. The maximum absolute atomic E-state index is 12.7. The number of halogens is 1. The Bertz CT molecular complexity index is 554.